The van der Waals surface area contributed by atoms with Crippen molar-refractivity contribution >= 4 is 11.6 Å². The monoisotopic (exact) mass is 397 g/mol. The Bertz CT molecular complexity index is 925. The van der Waals surface area contributed by atoms with Crippen molar-refractivity contribution in [1.82, 2.24) is 14.7 Å². The minimum atomic E-state index is 0.114. The molecule has 0 amide bonds. The largest absolute Gasteiger partial charge is 0.492 e. The van der Waals surface area contributed by atoms with E-state index < -0.39 is 0 Å². The second-order valence-electron chi connectivity index (χ2n) is 7.11. The topological polar surface area (TPSA) is 39.5 Å². The van der Waals surface area contributed by atoms with Crippen molar-refractivity contribution in [1.29, 1.82) is 0 Å². The molecule has 6 heteroatoms. The van der Waals surface area contributed by atoms with Crippen LogP contribution >= 0.6 is 11.6 Å². The Kier molecular flexibility index (Phi) is 5.55. The van der Waals surface area contributed by atoms with Crippen LogP contribution in [0.4, 0.5) is 0 Å². The molecule has 0 fully saturated rings. The molecule has 5 nitrogen and oxygen atoms in total. The van der Waals surface area contributed by atoms with Gasteiger partial charge >= 0.3 is 0 Å². The number of aromatic nitrogens is 2. The Hall–Kier alpha value is -2.50. The van der Waals surface area contributed by atoms with Crippen LogP contribution < -0.4 is 9.47 Å². The zero-order valence-electron chi connectivity index (χ0n) is 16.1. The van der Waals surface area contributed by atoms with Gasteiger partial charge in [0.25, 0.3) is 0 Å². The molecule has 1 aromatic heterocycles. The number of para-hydroxylation sites is 1. The number of ether oxygens (including phenoxy) is 2. The summed E-state index contributed by atoms with van der Waals surface area (Å²) in [6.45, 7) is 4.69. The number of nitrogens with zero attached hydrogens (tertiary/aromatic N) is 3. The molecule has 1 atom stereocenters. The van der Waals surface area contributed by atoms with Crippen LogP contribution in [0.2, 0.25) is 5.02 Å². The zero-order valence-corrected chi connectivity index (χ0v) is 16.9. The summed E-state index contributed by atoms with van der Waals surface area (Å²) in [5, 5.41) is 5.27. The van der Waals surface area contributed by atoms with E-state index in [4.69, 9.17) is 21.1 Å². The molecule has 146 valence electrons. The molecule has 0 spiro atoms. The van der Waals surface area contributed by atoms with Crippen LogP contribution in [0.3, 0.4) is 0 Å². The van der Waals surface area contributed by atoms with Crippen LogP contribution in [-0.4, -0.2) is 33.9 Å². The van der Waals surface area contributed by atoms with Crippen LogP contribution in [0.5, 0.6) is 11.6 Å². The minimum absolute atomic E-state index is 0.114. The Labute approximate surface area is 170 Å². The van der Waals surface area contributed by atoms with E-state index in [1.807, 2.05) is 61.1 Å². The predicted octanol–water partition coefficient (Wildman–Crippen LogP) is 4.22. The van der Waals surface area contributed by atoms with E-state index in [-0.39, 0.29) is 6.04 Å². The summed E-state index contributed by atoms with van der Waals surface area (Å²) in [5.74, 6) is 1.72. The molecule has 1 unspecified atom stereocenters. The molecule has 4 rings (SSSR count). The maximum atomic E-state index is 6.15. The van der Waals surface area contributed by atoms with E-state index in [1.165, 1.54) is 5.56 Å². The minimum Gasteiger partial charge on any atom is -0.492 e. The highest BCUT2D eigenvalue weighted by atomic mass is 35.5. The van der Waals surface area contributed by atoms with Gasteiger partial charge in [0, 0.05) is 25.2 Å². The number of hydrogen-bond acceptors (Lipinski definition) is 4. The second-order valence-corrected chi connectivity index (χ2v) is 7.55. The standard InChI is InChI=1S/C22H24ClN3O2/c1-16-21-13-26(12-17-8-10-18(23)11-9-17)19(15-28-22(21)25(2)24-16)14-27-20-6-4-3-5-7-20/h3-11,19H,12-15H2,1-2H3. The lowest BCUT2D eigenvalue weighted by Gasteiger charge is -2.29. The quantitative estimate of drug-likeness (QED) is 0.646. The molecule has 0 saturated carbocycles. The fourth-order valence-electron chi connectivity index (χ4n) is 3.53. The summed E-state index contributed by atoms with van der Waals surface area (Å²) in [4.78, 5) is 2.40. The number of rotatable bonds is 5. The Morgan fingerprint density at radius 3 is 2.64 bits per heavy atom. The van der Waals surface area contributed by atoms with Crippen molar-refractivity contribution in [3.05, 3.63) is 76.4 Å². The van der Waals surface area contributed by atoms with Gasteiger partial charge < -0.3 is 9.47 Å². The summed E-state index contributed by atoms with van der Waals surface area (Å²) < 4.78 is 14.0. The Balaban J connectivity index is 1.56. The molecule has 1 aliphatic heterocycles. The van der Waals surface area contributed by atoms with Crippen LogP contribution in [0.15, 0.2) is 54.6 Å². The molecule has 1 aliphatic rings. The number of fused-ring (bicyclic) bond motifs is 1. The van der Waals surface area contributed by atoms with E-state index in [0.29, 0.717) is 13.2 Å². The van der Waals surface area contributed by atoms with Gasteiger partial charge in [-0.25, -0.2) is 4.68 Å². The van der Waals surface area contributed by atoms with Crippen LogP contribution in [0.25, 0.3) is 0 Å². The van der Waals surface area contributed by atoms with E-state index in [2.05, 4.69) is 22.1 Å². The molecule has 28 heavy (non-hydrogen) atoms. The number of halogens is 1. The zero-order chi connectivity index (χ0) is 19.5. The average molecular weight is 398 g/mol. The smallest absolute Gasteiger partial charge is 0.216 e. The number of hydrogen-bond donors (Lipinski definition) is 0. The fraction of sp³-hybridized carbons (Fsp3) is 0.318. The molecule has 0 radical (unpaired) electrons. The lowest BCUT2D eigenvalue weighted by Crippen LogP contribution is -2.41. The highest BCUT2D eigenvalue weighted by Crippen LogP contribution is 2.29. The summed E-state index contributed by atoms with van der Waals surface area (Å²) >= 11 is 6.05. The predicted molar refractivity (Wildman–Crippen MR) is 110 cm³/mol. The third-order valence-corrected chi connectivity index (χ3v) is 5.32. The third-order valence-electron chi connectivity index (χ3n) is 5.06. The summed E-state index contributed by atoms with van der Waals surface area (Å²) in [7, 11) is 1.93. The summed E-state index contributed by atoms with van der Waals surface area (Å²) in [6.07, 6.45) is 0. The van der Waals surface area contributed by atoms with Gasteiger partial charge in [-0.3, -0.25) is 4.90 Å². The molecule has 0 N–H and O–H groups in total. The van der Waals surface area contributed by atoms with Gasteiger partial charge in [-0.1, -0.05) is 41.9 Å². The van der Waals surface area contributed by atoms with E-state index in [9.17, 15) is 0 Å². The maximum Gasteiger partial charge on any atom is 0.216 e. The Morgan fingerprint density at radius 1 is 1.14 bits per heavy atom. The van der Waals surface area contributed by atoms with E-state index in [1.54, 1.807) is 0 Å². The maximum absolute atomic E-state index is 6.15. The first-order valence-corrected chi connectivity index (χ1v) is 9.79. The summed E-state index contributed by atoms with van der Waals surface area (Å²) in [5.41, 5.74) is 3.35. The molecule has 3 aromatic rings. The van der Waals surface area contributed by atoms with Crippen molar-refractivity contribution in [2.75, 3.05) is 13.2 Å². The van der Waals surface area contributed by atoms with Crippen molar-refractivity contribution in [2.45, 2.75) is 26.1 Å². The lowest BCUT2D eigenvalue weighted by molar-refractivity contribution is 0.0896. The molecular formula is C22H24ClN3O2. The van der Waals surface area contributed by atoms with Crippen LogP contribution in [-0.2, 0) is 20.1 Å². The highest BCUT2D eigenvalue weighted by molar-refractivity contribution is 6.30. The highest BCUT2D eigenvalue weighted by Gasteiger charge is 2.29. The first kappa shape index (κ1) is 18.8. The molecule has 0 saturated heterocycles. The van der Waals surface area contributed by atoms with E-state index in [0.717, 1.165) is 41.0 Å². The van der Waals surface area contributed by atoms with Gasteiger partial charge in [0.2, 0.25) is 5.88 Å². The molecular weight excluding hydrogens is 374 g/mol. The molecule has 0 bridgehead atoms. The average Bonchev–Trinajstić information content (AvgIpc) is 2.86. The number of aryl methyl sites for hydroxylation is 2. The Morgan fingerprint density at radius 2 is 1.89 bits per heavy atom. The molecule has 2 aromatic carbocycles. The van der Waals surface area contributed by atoms with Crippen LogP contribution in [0, 0.1) is 6.92 Å². The first-order chi connectivity index (χ1) is 13.6. The number of benzene rings is 2. The molecule has 2 heterocycles. The van der Waals surface area contributed by atoms with E-state index >= 15 is 0 Å². The summed E-state index contributed by atoms with van der Waals surface area (Å²) in [6, 6.07) is 18.0. The normalized spacial score (nSPS) is 16.9. The van der Waals surface area contributed by atoms with Gasteiger partial charge in [-0.2, -0.15) is 5.10 Å². The van der Waals surface area contributed by atoms with Gasteiger partial charge in [0.05, 0.1) is 17.3 Å². The van der Waals surface area contributed by atoms with Gasteiger partial charge in [-0.15, -0.1) is 0 Å². The lowest BCUT2D eigenvalue weighted by atomic mass is 10.1. The van der Waals surface area contributed by atoms with Crippen LogP contribution in [0.1, 0.15) is 16.8 Å². The van der Waals surface area contributed by atoms with Crippen molar-refractivity contribution in [3.63, 3.8) is 0 Å². The van der Waals surface area contributed by atoms with Gasteiger partial charge in [0.15, 0.2) is 0 Å². The fourth-order valence-corrected chi connectivity index (χ4v) is 3.65. The van der Waals surface area contributed by atoms with Crippen molar-refractivity contribution in [2.24, 2.45) is 7.05 Å². The van der Waals surface area contributed by atoms with Crippen molar-refractivity contribution < 1.29 is 9.47 Å². The molecule has 0 aliphatic carbocycles. The van der Waals surface area contributed by atoms with Gasteiger partial charge in [0.1, 0.15) is 19.0 Å². The first-order valence-electron chi connectivity index (χ1n) is 9.42. The second kappa shape index (κ2) is 8.25. The van der Waals surface area contributed by atoms with Gasteiger partial charge in [-0.05, 0) is 36.8 Å². The van der Waals surface area contributed by atoms with Crippen molar-refractivity contribution in [3.8, 4) is 11.6 Å². The SMILES string of the molecule is Cc1nn(C)c2c1CN(Cc1ccc(Cl)cc1)C(COc1ccccc1)CO2. The third kappa shape index (κ3) is 4.16.